The van der Waals surface area contributed by atoms with E-state index >= 15 is 0 Å². The Bertz CT molecular complexity index is 430. The number of hydrogen-bond acceptors (Lipinski definition) is 3. The van der Waals surface area contributed by atoms with Crippen molar-refractivity contribution in [1.29, 1.82) is 0 Å². The molecule has 1 aromatic rings. The molecule has 0 unspecified atom stereocenters. The Morgan fingerprint density at radius 2 is 1.67 bits per heavy atom. The van der Waals surface area contributed by atoms with Crippen molar-refractivity contribution in [3.63, 3.8) is 0 Å². The molecule has 0 aromatic carbocycles. The van der Waals surface area contributed by atoms with Crippen LogP contribution >= 0.6 is 11.3 Å². The summed E-state index contributed by atoms with van der Waals surface area (Å²) in [6, 6.07) is 0. The highest BCUT2D eigenvalue weighted by Gasteiger charge is 2.25. The van der Waals surface area contributed by atoms with Crippen LogP contribution in [0, 0.1) is 0 Å². The number of thiazole rings is 1. The fraction of sp³-hybridized carbons (Fsp3) is 0.733. The largest absolute Gasteiger partial charge is 0.293 e. The van der Waals surface area contributed by atoms with E-state index in [0.717, 1.165) is 29.8 Å². The molecule has 0 atom stereocenters. The third-order valence-electron chi connectivity index (χ3n) is 4.24. The summed E-state index contributed by atoms with van der Waals surface area (Å²) in [5.41, 5.74) is 1.10. The van der Waals surface area contributed by atoms with Crippen molar-refractivity contribution < 1.29 is 4.79 Å². The number of fused-ring (bicyclic) bond motifs is 1. The minimum atomic E-state index is 0.339. The maximum absolute atomic E-state index is 11.9. The van der Waals surface area contributed by atoms with Crippen molar-refractivity contribution in [1.82, 2.24) is 4.98 Å². The van der Waals surface area contributed by atoms with Gasteiger partial charge in [-0.25, -0.2) is 4.98 Å². The molecule has 0 saturated heterocycles. The second-order valence-corrected chi connectivity index (χ2v) is 6.68. The maximum Gasteiger partial charge on any atom is 0.174 e. The van der Waals surface area contributed by atoms with Crippen LogP contribution in [0.3, 0.4) is 0 Å². The van der Waals surface area contributed by atoms with E-state index in [1.54, 1.807) is 11.3 Å². The number of rotatable bonds is 1. The Morgan fingerprint density at radius 3 is 2.39 bits per heavy atom. The van der Waals surface area contributed by atoms with Gasteiger partial charge >= 0.3 is 0 Å². The molecule has 18 heavy (non-hydrogen) atoms. The first-order valence-corrected chi connectivity index (χ1v) is 8.19. The highest BCUT2D eigenvalue weighted by atomic mass is 32.1. The lowest BCUT2D eigenvalue weighted by molar-refractivity contribution is 0.0976. The summed E-state index contributed by atoms with van der Waals surface area (Å²) < 4.78 is 0. The Balaban J connectivity index is 1.80. The van der Waals surface area contributed by atoms with Crippen LogP contribution in [0.1, 0.15) is 84.1 Å². The number of aryl methyl sites for hydroxylation is 1. The molecule has 2 aliphatic rings. The van der Waals surface area contributed by atoms with Crippen LogP contribution in [-0.2, 0) is 6.42 Å². The summed E-state index contributed by atoms with van der Waals surface area (Å²) in [4.78, 5) is 17.7. The van der Waals surface area contributed by atoms with Crippen LogP contribution in [0.4, 0.5) is 0 Å². The molecule has 0 radical (unpaired) electrons. The normalized spacial score (nSPS) is 22.3. The lowest BCUT2D eigenvalue weighted by Crippen LogP contribution is -2.07. The molecule has 0 aliphatic heterocycles. The van der Waals surface area contributed by atoms with E-state index in [9.17, 15) is 4.79 Å². The van der Waals surface area contributed by atoms with E-state index in [2.05, 4.69) is 0 Å². The molecular weight excluding hydrogens is 242 g/mol. The van der Waals surface area contributed by atoms with Gasteiger partial charge in [-0.3, -0.25) is 4.79 Å². The molecule has 0 spiro atoms. The van der Waals surface area contributed by atoms with Gasteiger partial charge in [0.15, 0.2) is 5.78 Å². The maximum atomic E-state index is 11.9. The van der Waals surface area contributed by atoms with Gasteiger partial charge in [-0.15, -0.1) is 11.3 Å². The van der Waals surface area contributed by atoms with Gasteiger partial charge in [0.25, 0.3) is 0 Å². The van der Waals surface area contributed by atoms with E-state index in [1.165, 1.54) is 50.0 Å². The smallest absolute Gasteiger partial charge is 0.174 e. The molecule has 0 bridgehead atoms. The molecule has 1 aromatic heterocycles. The van der Waals surface area contributed by atoms with Gasteiger partial charge in [-0.1, -0.05) is 32.1 Å². The third-order valence-corrected chi connectivity index (χ3v) is 5.54. The monoisotopic (exact) mass is 263 g/mol. The molecule has 1 saturated carbocycles. The zero-order chi connectivity index (χ0) is 12.4. The lowest BCUT2D eigenvalue weighted by atomic mass is 9.91. The number of carbonyl (C=O) groups is 1. The van der Waals surface area contributed by atoms with Gasteiger partial charge in [0.1, 0.15) is 0 Å². The van der Waals surface area contributed by atoms with E-state index in [1.807, 2.05) is 0 Å². The number of hydrogen-bond donors (Lipinski definition) is 0. The van der Waals surface area contributed by atoms with Crippen LogP contribution in [0.5, 0.6) is 0 Å². The van der Waals surface area contributed by atoms with Crippen molar-refractivity contribution in [2.75, 3.05) is 0 Å². The Labute approximate surface area is 113 Å². The van der Waals surface area contributed by atoms with Gasteiger partial charge in [-0.05, 0) is 25.7 Å². The second-order valence-electron chi connectivity index (χ2n) is 5.65. The Morgan fingerprint density at radius 1 is 0.944 bits per heavy atom. The molecule has 3 rings (SSSR count). The average Bonchev–Trinajstić information content (AvgIpc) is 2.73. The molecule has 2 nitrogen and oxygen atoms in total. The Hall–Kier alpha value is -0.700. The molecule has 1 heterocycles. The number of aromatic nitrogens is 1. The highest BCUT2D eigenvalue weighted by Crippen LogP contribution is 2.36. The van der Waals surface area contributed by atoms with Crippen LogP contribution in [-0.4, -0.2) is 10.8 Å². The molecule has 98 valence electrons. The van der Waals surface area contributed by atoms with Crippen LogP contribution in [0.2, 0.25) is 0 Å². The van der Waals surface area contributed by atoms with Crippen molar-refractivity contribution in [3.05, 3.63) is 15.6 Å². The lowest BCUT2D eigenvalue weighted by Gasteiger charge is -2.17. The average molecular weight is 263 g/mol. The summed E-state index contributed by atoms with van der Waals surface area (Å²) in [6.07, 6.45) is 12.1. The van der Waals surface area contributed by atoms with Crippen LogP contribution in [0.15, 0.2) is 0 Å². The first-order chi connectivity index (χ1) is 8.84. The Kier molecular flexibility index (Phi) is 3.78. The molecule has 0 amide bonds. The van der Waals surface area contributed by atoms with Crippen LogP contribution < -0.4 is 0 Å². The van der Waals surface area contributed by atoms with Gasteiger partial charge in [0, 0.05) is 12.3 Å². The van der Waals surface area contributed by atoms with Crippen molar-refractivity contribution in [2.45, 2.75) is 70.1 Å². The quantitative estimate of drug-likeness (QED) is 0.747. The van der Waals surface area contributed by atoms with Crippen LogP contribution in [0.25, 0.3) is 0 Å². The zero-order valence-electron chi connectivity index (χ0n) is 10.9. The zero-order valence-corrected chi connectivity index (χ0v) is 11.7. The number of ketones is 1. The van der Waals surface area contributed by atoms with Crippen molar-refractivity contribution in [3.8, 4) is 0 Å². The van der Waals surface area contributed by atoms with Gasteiger partial charge < -0.3 is 0 Å². The van der Waals surface area contributed by atoms with Gasteiger partial charge in [-0.2, -0.15) is 0 Å². The van der Waals surface area contributed by atoms with E-state index in [0.29, 0.717) is 11.7 Å². The summed E-state index contributed by atoms with van der Waals surface area (Å²) in [6.45, 7) is 0. The SMILES string of the molecule is O=C1CCCc2nc(C3CCCCCCC3)sc21. The predicted molar refractivity (Wildman–Crippen MR) is 74.4 cm³/mol. The van der Waals surface area contributed by atoms with Gasteiger partial charge in [0.05, 0.1) is 15.6 Å². The predicted octanol–water partition coefficient (Wildman–Crippen LogP) is 4.49. The highest BCUT2D eigenvalue weighted by molar-refractivity contribution is 7.14. The molecule has 3 heteroatoms. The summed E-state index contributed by atoms with van der Waals surface area (Å²) >= 11 is 1.71. The fourth-order valence-corrected chi connectivity index (χ4v) is 4.41. The summed E-state index contributed by atoms with van der Waals surface area (Å²) in [5.74, 6) is 0.972. The minimum Gasteiger partial charge on any atom is -0.293 e. The molecule has 2 aliphatic carbocycles. The molecule has 0 N–H and O–H groups in total. The fourth-order valence-electron chi connectivity index (χ4n) is 3.17. The number of carbonyl (C=O) groups excluding carboxylic acids is 1. The first-order valence-electron chi connectivity index (χ1n) is 7.37. The standard InChI is InChI=1S/C15H21NOS/c17-13-10-6-9-12-14(13)18-15(16-12)11-7-4-2-1-3-5-8-11/h11H,1-10H2. The topological polar surface area (TPSA) is 30.0 Å². The molecular formula is C15H21NOS. The number of Topliss-reactive ketones (excluding diaryl/α,β-unsaturated/α-hetero) is 1. The van der Waals surface area contributed by atoms with E-state index < -0.39 is 0 Å². The van der Waals surface area contributed by atoms with E-state index in [4.69, 9.17) is 4.98 Å². The summed E-state index contributed by atoms with van der Waals surface area (Å²) in [7, 11) is 0. The third kappa shape index (κ3) is 2.51. The minimum absolute atomic E-state index is 0.339. The van der Waals surface area contributed by atoms with Gasteiger partial charge in [0.2, 0.25) is 0 Å². The van der Waals surface area contributed by atoms with Crippen molar-refractivity contribution >= 4 is 17.1 Å². The molecule has 1 fully saturated rings. The summed E-state index contributed by atoms with van der Waals surface area (Å²) in [5, 5.41) is 1.26. The first kappa shape index (κ1) is 12.3. The van der Waals surface area contributed by atoms with Crippen molar-refractivity contribution in [2.24, 2.45) is 0 Å². The second kappa shape index (κ2) is 5.52. The van der Waals surface area contributed by atoms with E-state index in [-0.39, 0.29) is 0 Å². The number of nitrogens with zero attached hydrogens (tertiary/aromatic N) is 1.